The second-order valence-electron chi connectivity index (χ2n) is 7.17. The van der Waals surface area contributed by atoms with E-state index >= 15 is 0 Å². The lowest BCUT2D eigenvalue weighted by Gasteiger charge is -2.35. The number of rotatable bonds is 3. The summed E-state index contributed by atoms with van der Waals surface area (Å²) in [7, 11) is 1.55. The summed E-state index contributed by atoms with van der Waals surface area (Å²) >= 11 is 5.89. The molecule has 0 radical (unpaired) electrons. The fraction of sp³-hybridized carbons (Fsp3) is 0.238. The normalized spacial score (nSPS) is 16.9. The van der Waals surface area contributed by atoms with Crippen LogP contribution in [0.1, 0.15) is 28.9 Å². The van der Waals surface area contributed by atoms with E-state index < -0.39 is 35.2 Å². The molecular formula is C21H18ClF2N3O3. The van der Waals surface area contributed by atoms with Gasteiger partial charge in [-0.3, -0.25) is 9.59 Å². The number of nitrogens with two attached hydrogens (primary N) is 1. The molecule has 1 amide bonds. The Morgan fingerprint density at radius 3 is 2.53 bits per heavy atom. The second-order valence-corrected chi connectivity index (χ2v) is 7.60. The van der Waals surface area contributed by atoms with Gasteiger partial charge in [-0.05, 0) is 35.2 Å². The van der Waals surface area contributed by atoms with Crippen LogP contribution in [-0.4, -0.2) is 29.4 Å². The zero-order valence-electron chi connectivity index (χ0n) is 15.9. The first-order valence-electron chi connectivity index (χ1n) is 9.17. The van der Waals surface area contributed by atoms with Gasteiger partial charge in [-0.25, -0.2) is 8.78 Å². The molecule has 9 heteroatoms. The Hall–Kier alpha value is -2.81. The molecule has 0 bridgehead atoms. The van der Waals surface area contributed by atoms with Gasteiger partial charge in [0.05, 0.1) is 24.6 Å². The molecule has 1 aliphatic rings. The lowest BCUT2D eigenvalue weighted by atomic mass is 9.94. The van der Waals surface area contributed by atoms with Crippen molar-refractivity contribution in [2.45, 2.75) is 18.7 Å². The van der Waals surface area contributed by atoms with Crippen LogP contribution in [0.2, 0.25) is 5.02 Å². The summed E-state index contributed by atoms with van der Waals surface area (Å²) in [6.45, 7) is 0.198. The van der Waals surface area contributed by atoms with Crippen molar-refractivity contribution in [3.8, 4) is 0 Å². The number of nitrogens with zero attached hydrogens (tertiary/aromatic N) is 1. The summed E-state index contributed by atoms with van der Waals surface area (Å²) in [6, 6.07) is 6.83. The summed E-state index contributed by atoms with van der Waals surface area (Å²) in [4.78, 5) is 29.5. The molecule has 2 atom stereocenters. The molecule has 0 unspecified atom stereocenters. The molecule has 2 aromatic carbocycles. The number of H-pyrrole nitrogens is 1. The molecule has 3 aromatic rings. The Labute approximate surface area is 175 Å². The van der Waals surface area contributed by atoms with E-state index in [1.54, 1.807) is 31.3 Å². The number of likely N-dealkylation sites (N-methyl/N-ethyl adjacent to an activating group) is 1. The van der Waals surface area contributed by atoms with Crippen molar-refractivity contribution in [1.29, 1.82) is 0 Å². The summed E-state index contributed by atoms with van der Waals surface area (Å²) in [5.41, 5.74) is 7.09. The molecule has 156 valence electrons. The van der Waals surface area contributed by atoms with E-state index in [0.717, 1.165) is 12.1 Å². The first kappa shape index (κ1) is 20.5. The molecule has 0 fully saturated rings. The Bertz CT molecular complexity index is 1200. The number of aromatic amines is 1. The maximum atomic E-state index is 14.0. The third kappa shape index (κ3) is 3.47. The number of hydrogen-bond donors (Lipinski definition) is 2. The van der Waals surface area contributed by atoms with Gasteiger partial charge in [0, 0.05) is 23.3 Å². The minimum atomic E-state index is -1.12. The highest BCUT2D eigenvalue weighted by Crippen LogP contribution is 2.34. The van der Waals surface area contributed by atoms with Gasteiger partial charge in [-0.2, -0.15) is 0 Å². The molecule has 2 heterocycles. The highest BCUT2D eigenvalue weighted by molar-refractivity contribution is 6.30. The molecule has 1 aromatic heterocycles. The molecule has 0 spiro atoms. The predicted octanol–water partition coefficient (Wildman–Crippen LogP) is 3.19. The Kier molecular flexibility index (Phi) is 5.31. The molecule has 0 aliphatic carbocycles. The third-order valence-corrected chi connectivity index (χ3v) is 5.60. The highest BCUT2D eigenvalue weighted by Gasteiger charge is 2.33. The van der Waals surface area contributed by atoms with Crippen molar-refractivity contribution in [3.63, 3.8) is 0 Å². The van der Waals surface area contributed by atoms with Crippen molar-refractivity contribution >= 4 is 28.3 Å². The van der Waals surface area contributed by atoms with Crippen LogP contribution < -0.4 is 11.3 Å². The first-order valence-corrected chi connectivity index (χ1v) is 9.55. The molecule has 30 heavy (non-hydrogen) atoms. The molecule has 4 rings (SSSR count). The minimum absolute atomic E-state index is 0.00222. The average molecular weight is 434 g/mol. The highest BCUT2D eigenvalue weighted by atomic mass is 35.5. The number of hydrogen-bond acceptors (Lipinski definition) is 4. The Morgan fingerprint density at radius 2 is 1.87 bits per heavy atom. The number of benzene rings is 2. The number of pyridine rings is 1. The maximum absolute atomic E-state index is 14.0. The van der Waals surface area contributed by atoms with E-state index in [1.807, 2.05) is 0 Å². The zero-order chi connectivity index (χ0) is 21.6. The van der Waals surface area contributed by atoms with E-state index in [2.05, 4.69) is 4.98 Å². The van der Waals surface area contributed by atoms with Crippen LogP contribution in [0, 0.1) is 11.6 Å². The van der Waals surface area contributed by atoms with E-state index in [4.69, 9.17) is 22.1 Å². The fourth-order valence-corrected chi connectivity index (χ4v) is 3.86. The lowest BCUT2D eigenvalue weighted by molar-refractivity contribution is -0.135. The second kappa shape index (κ2) is 7.79. The fourth-order valence-electron chi connectivity index (χ4n) is 3.73. The number of fused-ring (bicyclic) bond motifs is 3. The number of ether oxygens (including phenoxy) is 1. The van der Waals surface area contributed by atoms with Crippen molar-refractivity contribution < 1.29 is 18.3 Å². The van der Waals surface area contributed by atoms with Gasteiger partial charge < -0.3 is 20.4 Å². The summed E-state index contributed by atoms with van der Waals surface area (Å²) in [5.74, 6) is -2.60. The molecule has 6 nitrogen and oxygen atoms in total. The van der Waals surface area contributed by atoms with Gasteiger partial charge in [0.15, 0.2) is 11.6 Å². The Balaban J connectivity index is 1.77. The van der Waals surface area contributed by atoms with Crippen LogP contribution >= 0.6 is 11.6 Å². The molecular weight excluding hydrogens is 416 g/mol. The standard InChI is InChI=1S/C21H18ClF2N3O3/c1-27(21(29)19(25)10-2-4-11(22)5-3-10)17-9-30-8-16-18(17)12-6-14(23)15(24)7-13(12)20(28)26-16/h2-7,17,19H,8-9,25H2,1H3,(H,26,28)/t17-,19+/m0/s1. The van der Waals surface area contributed by atoms with Crippen molar-refractivity contribution in [2.75, 3.05) is 13.7 Å². The van der Waals surface area contributed by atoms with Gasteiger partial charge in [0.2, 0.25) is 5.91 Å². The number of amides is 1. The van der Waals surface area contributed by atoms with Crippen LogP contribution in [-0.2, 0) is 16.1 Å². The van der Waals surface area contributed by atoms with Crippen LogP contribution in [0.25, 0.3) is 10.8 Å². The predicted molar refractivity (Wildman–Crippen MR) is 108 cm³/mol. The largest absolute Gasteiger partial charge is 0.373 e. The van der Waals surface area contributed by atoms with Gasteiger partial charge >= 0.3 is 0 Å². The van der Waals surface area contributed by atoms with Crippen LogP contribution in [0.3, 0.4) is 0 Å². The van der Waals surface area contributed by atoms with E-state index in [0.29, 0.717) is 21.8 Å². The van der Waals surface area contributed by atoms with Gasteiger partial charge in [-0.1, -0.05) is 23.7 Å². The van der Waals surface area contributed by atoms with Crippen molar-refractivity contribution in [3.05, 3.63) is 80.2 Å². The van der Waals surface area contributed by atoms with Crippen molar-refractivity contribution in [2.24, 2.45) is 5.73 Å². The number of halogens is 3. The van der Waals surface area contributed by atoms with E-state index in [9.17, 15) is 18.4 Å². The van der Waals surface area contributed by atoms with Crippen molar-refractivity contribution in [1.82, 2.24) is 9.88 Å². The first-order chi connectivity index (χ1) is 14.3. The third-order valence-electron chi connectivity index (χ3n) is 5.35. The molecule has 1 aliphatic heterocycles. The average Bonchev–Trinajstić information content (AvgIpc) is 2.73. The van der Waals surface area contributed by atoms with Crippen LogP contribution in [0.5, 0.6) is 0 Å². The molecule has 0 saturated carbocycles. The summed E-state index contributed by atoms with van der Waals surface area (Å²) in [6.07, 6.45) is 0. The van der Waals surface area contributed by atoms with Crippen LogP contribution in [0.4, 0.5) is 8.78 Å². The SMILES string of the molecule is CN(C(=O)[C@H](N)c1ccc(Cl)cc1)[C@H]1COCc2[nH]c(=O)c3cc(F)c(F)cc3c21. The van der Waals surface area contributed by atoms with Crippen LogP contribution in [0.15, 0.2) is 41.2 Å². The van der Waals surface area contributed by atoms with Gasteiger partial charge in [-0.15, -0.1) is 0 Å². The van der Waals surface area contributed by atoms with E-state index in [1.165, 1.54) is 4.90 Å². The topological polar surface area (TPSA) is 88.4 Å². The monoisotopic (exact) mass is 433 g/mol. The van der Waals surface area contributed by atoms with Gasteiger partial charge in [0.25, 0.3) is 5.56 Å². The maximum Gasteiger partial charge on any atom is 0.256 e. The van der Waals surface area contributed by atoms with E-state index in [-0.39, 0.29) is 24.0 Å². The summed E-state index contributed by atoms with van der Waals surface area (Å²) in [5, 5.41) is 0.758. The zero-order valence-corrected chi connectivity index (χ0v) is 16.7. The quantitative estimate of drug-likeness (QED) is 0.664. The minimum Gasteiger partial charge on any atom is -0.373 e. The number of carbonyl (C=O) groups is 1. The Morgan fingerprint density at radius 1 is 1.23 bits per heavy atom. The van der Waals surface area contributed by atoms with Gasteiger partial charge in [0.1, 0.15) is 6.04 Å². The molecule has 0 saturated heterocycles. The molecule has 3 N–H and O–H groups in total. The number of aromatic nitrogens is 1. The lowest BCUT2D eigenvalue weighted by Crippen LogP contribution is -2.42. The smallest absolute Gasteiger partial charge is 0.256 e. The number of carbonyl (C=O) groups excluding carboxylic acids is 1. The summed E-state index contributed by atoms with van der Waals surface area (Å²) < 4.78 is 33.3. The number of nitrogens with one attached hydrogen (secondary N) is 1.